The molecule has 7 heteroatoms. The van der Waals surface area contributed by atoms with E-state index >= 15 is 0 Å². The maximum absolute atomic E-state index is 13.1. The third kappa shape index (κ3) is 6.19. The zero-order valence-electron chi connectivity index (χ0n) is 13.5. The molecule has 2 aromatic carbocycles. The highest BCUT2D eigenvalue weighted by Gasteiger charge is 2.17. The van der Waals surface area contributed by atoms with Gasteiger partial charge in [0.25, 0.3) is 5.91 Å². The number of rotatable bonds is 7. The Bertz CT molecular complexity index is 740. The summed E-state index contributed by atoms with van der Waals surface area (Å²) in [5.41, 5.74) is 0.615. The summed E-state index contributed by atoms with van der Waals surface area (Å²) in [6, 6.07) is 12.4. The van der Waals surface area contributed by atoms with Crippen molar-refractivity contribution >= 4 is 29.3 Å². The van der Waals surface area contributed by atoms with Gasteiger partial charge in [-0.1, -0.05) is 18.2 Å². The molecule has 2 rings (SSSR count). The number of thioether (sulfide) groups is 1. The van der Waals surface area contributed by atoms with E-state index in [1.807, 2.05) is 6.07 Å². The van der Waals surface area contributed by atoms with Crippen molar-refractivity contribution in [2.75, 3.05) is 11.1 Å². The number of nitrogens with one attached hydrogen (secondary N) is 1. The molecule has 0 heterocycles. The average Bonchev–Trinajstić information content (AvgIpc) is 2.59. The molecule has 2 aromatic rings. The Morgan fingerprint density at radius 2 is 1.84 bits per heavy atom. The zero-order valence-corrected chi connectivity index (χ0v) is 14.3. The number of para-hydroxylation sites is 1. The first-order valence-corrected chi connectivity index (χ1v) is 8.57. The Hall–Kier alpha value is -2.41. The van der Waals surface area contributed by atoms with Crippen molar-refractivity contribution in [3.05, 3.63) is 60.2 Å². The minimum absolute atomic E-state index is 0.0482. The Morgan fingerprint density at radius 3 is 2.52 bits per heavy atom. The van der Waals surface area contributed by atoms with Crippen molar-refractivity contribution < 1.29 is 23.1 Å². The number of hydrogen-bond acceptors (Lipinski definition) is 4. The van der Waals surface area contributed by atoms with Gasteiger partial charge in [0.15, 0.2) is 17.7 Å². The van der Waals surface area contributed by atoms with E-state index in [1.54, 1.807) is 24.3 Å². The molecule has 0 aliphatic carbocycles. The number of benzene rings is 2. The van der Waals surface area contributed by atoms with E-state index in [0.29, 0.717) is 16.3 Å². The Balaban J connectivity index is 1.73. The first-order chi connectivity index (χ1) is 12.0. The van der Waals surface area contributed by atoms with Crippen molar-refractivity contribution in [1.29, 1.82) is 0 Å². The first kappa shape index (κ1) is 18.9. The number of esters is 1. The molecule has 25 heavy (non-hydrogen) atoms. The second-order valence-electron chi connectivity index (χ2n) is 5.16. The molecule has 0 bridgehead atoms. The number of anilines is 1. The molecule has 0 spiro atoms. The van der Waals surface area contributed by atoms with E-state index in [-0.39, 0.29) is 6.42 Å². The van der Waals surface area contributed by atoms with E-state index in [0.717, 1.165) is 12.1 Å². The van der Waals surface area contributed by atoms with E-state index in [4.69, 9.17) is 4.74 Å². The molecule has 0 unspecified atom stereocenters. The highest BCUT2D eigenvalue weighted by molar-refractivity contribution is 7.99. The molecule has 0 saturated carbocycles. The molecular weight excluding hydrogens is 348 g/mol. The van der Waals surface area contributed by atoms with E-state index < -0.39 is 29.6 Å². The number of ether oxygens (including phenoxy) is 1. The summed E-state index contributed by atoms with van der Waals surface area (Å²) >= 11 is 1.20. The molecule has 0 aromatic heterocycles. The van der Waals surface area contributed by atoms with Crippen LogP contribution in [0, 0.1) is 11.6 Å². The van der Waals surface area contributed by atoms with Crippen molar-refractivity contribution in [3.63, 3.8) is 0 Å². The highest BCUT2D eigenvalue weighted by Crippen LogP contribution is 2.21. The standard InChI is InChI=1S/C18H17F2NO3S/c1-12(18(23)21-13-5-3-2-4-6-13)24-17(22)9-10-25-14-7-8-15(19)16(20)11-14/h2-8,11-12H,9-10H2,1H3,(H,21,23)/t12-/m1/s1. The molecule has 132 valence electrons. The van der Waals surface area contributed by atoms with Crippen LogP contribution in [-0.2, 0) is 14.3 Å². The molecule has 0 aliphatic rings. The third-order valence-electron chi connectivity index (χ3n) is 3.18. The monoisotopic (exact) mass is 365 g/mol. The second-order valence-corrected chi connectivity index (χ2v) is 6.33. The van der Waals surface area contributed by atoms with Gasteiger partial charge in [-0.15, -0.1) is 11.8 Å². The van der Waals surface area contributed by atoms with Gasteiger partial charge in [-0.3, -0.25) is 9.59 Å². The lowest BCUT2D eigenvalue weighted by Gasteiger charge is -2.13. The van der Waals surface area contributed by atoms with Gasteiger partial charge in [0.05, 0.1) is 6.42 Å². The predicted octanol–water partition coefficient (Wildman–Crippen LogP) is 4.02. The molecule has 0 radical (unpaired) electrons. The fraction of sp³-hybridized carbons (Fsp3) is 0.222. The molecule has 0 fully saturated rings. The molecule has 1 N–H and O–H groups in total. The van der Waals surface area contributed by atoms with Crippen LogP contribution >= 0.6 is 11.8 Å². The molecule has 1 amide bonds. The van der Waals surface area contributed by atoms with Crippen molar-refractivity contribution in [2.24, 2.45) is 0 Å². The van der Waals surface area contributed by atoms with Gasteiger partial charge in [0.1, 0.15) is 0 Å². The number of halogens is 2. The van der Waals surface area contributed by atoms with E-state index in [1.165, 1.54) is 24.8 Å². The van der Waals surface area contributed by atoms with Gasteiger partial charge in [-0.2, -0.15) is 0 Å². The van der Waals surface area contributed by atoms with Crippen LogP contribution < -0.4 is 5.32 Å². The normalized spacial score (nSPS) is 11.6. The number of hydrogen-bond donors (Lipinski definition) is 1. The molecular formula is C18H17F2NO3S. The van der Waals surface area contributed by atoms with E-state index in [9.17, 15) is 18.4 Å². The Morgan fingerprint density at radius 1 is 1.12 bits per heavy atom. The maximum atomic E-state index is 13.1. The van der Waals surface area contributed by atoms with Crippen LogP contribution in [0.4, 0.5) is 14.5 Å². The SMILES string of the molecule is C[C@@H](OC(=O)CCSc1ccc(F)c(F)c1)C(=O)Nc1ccccc1. The Kier molecular flexibility index (Phi) is 6.94. The van der Waals surface area contributed by atoms with Crippen LogP contribution in [-0.4, -0.2) is 23.7 Å². The van der Waals surface area contributed by atoms with Crippen molar-refractivity contribution in [1.82, 2.24) is 0 Å². The van der Waals surface area contributed by atoms with Gasteiger partial charge in [-0.25, -0.2) is 8.78 Å². The van der Waals surface area contributed by atoms with Gasteiger partial charge in [0.2, 0.25) is 0 Å². The average molecular weight is 365 g/mol. The number of amides is 1. The fourth-order valence-corrected chi connectivity index (χ4v) is 2.75. The lowest BCUT2D eigenvalue weighted by Crippen LogP contribution is -2.30. The second kappa shape index (κ2) is 9.17. The molecule has 1 atom stereocenters. The van der Waals surface area contributed by atoms with Crippen LogP contribution in [0.25, 0.3) is 0 Å². The van der Waals surface area contributed by atoms with Gasteiger partial charge < -0.3 is 10.1 Å². The maximum Gasteiger partial charge on any atom is 0.307 e. The lowest BCUT2D eigenvalue weighted by molar-refractivity contribution is -0.152. The van der Waals surface area contributed by atoms with Gasteiger partial charge in [0, 0.05) is 16.3 Å². The van der Waals surface area contributed by atoms with Crippen LogP contribution in [0.3, 0.4) is 0 Å². The van der Waals surface area contributed by atoms with Gasteiger partial charge in [-0.05, 0) is 37.3 Å². The van der Waals surface area contributed by atoms with E-state index in [2.05, 4.69) is 5.32 Å². The quantitative estimate of drug-likeness (QED) is 0.595. The summed E-state index contributed by atoms with van der Waals surface area (Å²) in [4.78, 5) is 24.2. The summed E-state index contributed by atoms with van der Waals surface area (Å²) in [6.07, 6.45) is -0.881. The summed E-state index contributed by atoms with van der Waals surface area (Å²) in [6.45, 7) is 1.48. The van der Waals surface area contributed by atoms with Crippen LogP contribution in [0.1, 0.15) is 13.3 Å². The molecule has 0 saturated heterocycles. The minimum atomic E-state index is -0.932. The van der Waals surface area contributed by atoms with Gasteiger partial charge >= 0.3 is 5.97 Å². The van der Waals surface area contributed by atoms with Crippen LogP contribution in [0.2, 0.25) is 0 Å². The largest absolute Gasteiger partial charge is 0.453 e. The smallest absolute Gasteiger partial charge is 0.307 e. The summed E-state index contributed by atoms with van der Waals surface area (Å²) < 4.78 is 31.0. The predicted molar refractivity (Wildman–Crippen MR) is 92.3 cm³/mol. The highest BCUT2D eigenvalue weighted by atomic mass is 32.2. The third-order valence-corrected chi connectivity index (χ3v) is 4.18. The Labute approximate surface area is 148 Å². The summed E-state index contributed by atoms with van der Waals surface area (Å²) in [5, 5.41) is 2.64. The zero-order chi connectivity index (χ0) is 18.2. The number of carbonyl (C=O) groups excluding carboxylic acids is 2. The van der Waals surface area contributed by atoms with Crippen molar-refractivity contribution in [2.45, 2.75) is 24.3 Å². The summed E-state index contributed by atoms with van der Waals surface area (Å²) in [5.74, 6) is -2.48. The molecule has 0 aliphatic heterocycles. The topological polar surface area (TPSA) is 55.4 Å². The lowest BCUT2D eigenvalue weighted by atomic mass is 10.3. The van der Waals surface area contributed by atoms with Crippen LogP contribution in [0.5, 0.6) is 0 Å². The van der Waals surface area contributed by atoms with Crippen molar-refractivity contribution in [3.8, 4) is 0 Å². The minimum Gasteiger partial charge on any atom is -0.453 e. The molecule has 4 nitrogen and oxygen atoms in total. The first-order valence-electron chi connectivity index (χ1n) is 7.59. The fourth-order valence-electron chi connectivity index (χ4n) is 1.89. The summed E-state index contributed by atoms with van der Waals surface area (Å²) in [7, 11) is 0. The van der Waals surface area contributed by atoms with Crippen LogP contribution in [0.15, 0.2) is 53.4 Å². The number of carbonyl (C=O) groups is 2.